The summed E-state index contributed by atoms with van der Waals surface area (Å²) in [7, 11) is 0. The Bertz CT molecular complexity index is 273. The summed E-state index contributed by atoms with van der Waals surface area (Å²) in [5, 5.41) is 3.55. The normalized spacial score (nSPS) is 25.8. The maximum Gasteiger partial charge on any atom is 0.00390 e. The first-order chi connectivity index (χ1) is 7.84. The zero-order valence-corrected chi connectivity index (χ0v) is 9.91. The minimum Gasteiger partial charge on any atom is -0.367 e. The molecule has 1 fully saturated rings. The molecule has 0 aliphatic heterocycles. The topological polar surface area (TPSA) is 53.8 Å². The quantitative estimate of drug-likeness (QED) is 0.662. The van der Waals surface area contributed by atoms with Crippen LogP contribution in [0.5, 0.6) is 0 Å². The molecule has 0 radical (unpaired) electrons. The summed E-state index contributed by atoms with van der Waals surface area (Å²) in [6.45, 7) is 2.25. The number of nitrogens with two attached hydrogens (primary N) is 1. The van der Waals surface area contributed by atoms with Gasteiger partial charge >= 0.3 is 0 Å². The van der Waals surface area contributed by atoms with Crippen molar-refractivity contribution in [1.82, 2.24) is 10.3 Å². The molecule has 0 saturated heterocycles. The molecule has 1 aromatic rings. The van der Waals surface area contributed by atoms with Gasteiger partial charge in [0.15, 0.2) is 0 Å². The van der Waals surface area contributed by atoms with Crippen LogP contribution in [0.3, 0.4) is 0 Å². The smallest absolute Gasteiger partial charge is 0.00390 e. The highest BCUT2D eigenvalue weighted by atomic mass is 14.9. The highest BCUT2D eigenvalue weighted by Crippen LogP contribution is 2.22. The van der Waals surface area contributed by atoms with Crippen molar-refractivity contribution in [3.8, 4) is 0 Å². The molecule has 1 aliphatic rings. The maximum absolute atomic E-state index is 5.89. The molecule has 1 aliphatic carbocycles. The van der Waals surface area contributed by atoms with Gasteiger partial charge in [0.2, 0.25) is 0 Å². The summed E-state index contributed by atoms with van der Waals surface area (Å²) in [6, 6.07) is 2.61. The van der Waals surface area contributed by atoms with Gasteiger partial charge in [0.1, 0.15) is 0 Å². The van der Waals surface area contributed by atoms with E-state index in [0.29, 0.717) is 6.04 Å². The number of hydrogen-bond donors (Lipinski definition) is 3. The Balaban J connectivity index is 1.55. The number of H-pyrrole nitrogens is 1. The molecule has 2 rings (SSSR count). The van der Waals surface area contributed by atoms with Crippen LogP contribution in [0, 0.1) is 5.92 Å². The van der Waals surface area contributed by atoms with Gasteiger partial charge in [0.25, 0.3) is 0 Å². The molecular formula is C13H23N3. The summed E-state index contributed by atoms with van der Waals surface area (Å²) >= 11 is 0. The highest BCUT2D eigenvalue weighted by molar-refractivity contribution is 5.08. The third-order valence-corrected chi connectivity index (χ3v) is 3.58. The van der Waals surface area contributed by atoms with Gasteiger partial charge < -0.3 is 16.0 Å². The lowest BCUT2D eigenvalue weighted by molar-refractivity contribution is 0.315. The Morgan fingerprint density at radius 2 is 2.12 bits per heavy atom. The maximum atomic E-state index is 5.89. The Kier molecular flexibility index (Phi) is 4.43. The third kappa shape index (κ3) is 3.65. The second kappa shape index (κ2) is 6.06. The van der Waals surface area contributed by atoms with Crippen LogP contribution in [0.2, 0.25) is 0 Å². The Hall–Kier alpha value is -0.800. The van der Waals surface area contributed by atoms with Gasteiger partial charge in [-0.15, -0.1) is 0 Å². The summed E-state index contributed by atoms with van der Waals surface area (Å²) in [4.78, 5) is 3.08. The second-order valence-corrected chi connectivity index (χ2v) is 4.95. The minimum absolute atomic E-state index is 0.469. The zero-order chi connectivity index (χ0) is 11.2. The highest BCUT2D eigenvalue weighted by Gasteiger charge is 2.17. The van der Waals surface area contributed by atoms with E-state index < -0.39 is 0 Å². The number of aromatic amines is 1. The van der Waals surface area contributed by atoms with Crippen molar-refractivity contribution < 1.29 is 0 Å². The van der Waals surface area contributed by atoms with E-state index in [0.717, 1.165) is 25.4 Å². The van der Waals surface area contributed by atoms with Crippen LogP contribution in [-0.2, 0) is 6.42 Å². The van der Waals surface area contributed by atoms with E-state index in [1.807, 2.05) is 6.20 Å². The number of aromatic nitrogens is 1. The predicted octanol–water partition coefficient (Wildman–Crippen LogP) is 1.66. The van der Waals surface area contributed by atoms with Gasteiger partial charge in [-0.2, -0.15) is 0 Å². The molecule has 4 N–H and O–H groups in total. The summed E-state index contributed by atoms with van der Waals surface area (Å²) in [6.07, 6.45) is 10.2. The molecule has 0 atom stereocenters. The predicted molar refractivity (Wildman–Crippen MR) is 67.3 cm³/mol. The van der Waals surface area contributed by atoms with Crippen molar-refractivity contribution in [2.45, 2.75) is 38.1 Å². The fraction of sp³-hybridized carbons (Fsp3) is 0.692. The van der Waals surface area contributed by atoms with Crippen LogP contribution in [-0.4, -0.2) is 24.1 Å². The van der Waals surface area contributed by atoms with Crippen molar-refractivity contribution in [2.24, 2.45) is 11.7 Å². The van der Waals surface area contributed by atoms with Crippen molar-refractivity contribution in [3.05, 3.63) is 24.0 Å². The lowest BCUT2D eigenvalue weighted by Crippen LogP contribution is -2.32. The van der Waals surface area contributed by atoms with Gasteiger partial charge in [0, 0.05) is 18.4 Å². The number of rotatable bonds is 5. The molecule has 0 unspecified atom stereocenters. The van der Waals surface area contributed by atoms with Gasteiger partial charge in [-0.3, -0.25) is 0 Å². The molecule has 1 heterocycles. The van der Waals surface area contributed by atoms with Gasteiger partial charge in [-0.25, -0.2) is 0 Å². The Labute approximate surface area is 97.8 Å². The standard InChI is InChI=1S/C13H23N3/c14-13-3-1-11(2-4-13)9-15-7-5-12-6-8-16-10-12/h6,8,10-11,13,15-16H,1-5,7,9,14H2. The molecular weight excluding hydrogens is 198 g/mol. The summed E-state index contributed by atoms with van der Waals surface area (Å²) in [5.74, 6) is 0.853. The fourth-order valence-corrected chi connectivity index (χ4v) is 2.45. The lowest BCUT2D eigenvalue weighted by atomic mass is 9.86. The first-order valence-electron chi connectivity index (χ1n) is 6.42. The molecule has 1 aromatic heterocycles. The van der Waals surface area contributed by atoms with E-state index >= 15 is 0 Å². The molecule has 0 amide bonds. The van der Waals surface area contributed by atoms with E-state index in [9.17, 15) is 0 Å². The van der Waals surface area contributed by atoms with Gasteiger partial charge in [-0.1, -0.05) is 0 Å². The van der Waals surface area contributed by atoms with Crippen LogP contribution in [0.25, 0.3) is 0 Å². The number of hydrogen-bond acceptors (Lipinski definition) is 2. The molecule has 0 bridgehead atoms. The fourth-order valence-electron chi connectivity index (χ4n) is 2.45. The lowest BCUT2D eigenvalue weighted by Gasteiger charge is -2.26. The van der Waals surface area contributed by atoms with Gasteiger partial charge in [0.05, 0.1) is 0 Å². The molecule has 16 heavy (non-hydrogen) atoms. The molecule has 0 spiro atoms. The van der Waals surface area contributed by atoms with Crippen molar-refractivity contribution >= 4 is 0 Å². The van der Waals surface area contributed by atoms with Crippen molar-refractivity contribution in [2.75, 3.05) is 13.1 Å². The largest absolute Gasteiger partial charge is 0.367 e. The van der Waals surface area contributed by atoms with E-state index in [-0.39, 0.29) is 0 Å². The average molecular weight is 221 g/mol. The molecule has 1 saturated carbocycles. The zero-order valence-electron chi connectivity index (χ0n) is 9.91. The van der Waals surface area contributed by atoms with Crippen LogP contribution in [0.4, 0.5) is 0 Å². The average Bonchev–Trinajstić information content (AvgIpc) is 2.80. The van der Waals surface area contributed by atoms with Crippen LogP contribution >= 0.6 is 0 Å². The molecule has 0 aromatic carbocycles. The SMILES string of the molecule is NC1CCC(CNCCc2cc[nH]c2)CC1. The van der Waals surface area contributed by atoms with Gasteiger partial charge in [-0.05, 0) is 62.7 Å². The second-order valence-electron chi connectivity index (χ2n) is 4.95. The van der Waals surface area contributed by atoms with E-state index in [1.165, 1.54) is 31.2 Å². The first kappa shape index (κ1) is 11.7. The number of nitrogens with one attached hydrogen (secondary N) is 2. The summed E-state index contributed by atoms with van der Waals surface area (Å²) < 4.78 is 0. The Morgan fingerprint density at radius 3 is 2.81 bits per heavy atom. The van der Waals surface area contributed by atoms with Crippen LogP contribution in [0.15, 0.2) is 18.5 Å². The molecule has 3 nitrogen and oxygen atoms in total. The van der Waals surface area contributed by atoms with Crippen LogP contribution < -0.4 is 11.1 Å². The summed E-state index contributed by atoms with van der Waals surface area (Å²) in [5.41, 5.74) is 7.28. The molecule has 3 heteroatoms. The van der Waals surface area contributed by atoms with E-state index in [1.54, 1.807) is 0 Å². The van der Waals surface area contributed by atoms with Crippen molar-refractivity contribution in [3.63, 3.8) is 0 Å². The monoisotopic (exact) mass is 221 g/mol. The van der Waals surface area contributed by atoms with Crippen LogP contribution in [0.1, 0.15) is 31.2 Å². The van der Waals surface area contributed by atoms with E-state index in [2.05, 4.69) is 22.6 Å². The minimum atomic E-state index is 0.469. The molecule has 90 valence electrons. The third-order valence-electron chi connectivity index (χ3n) is 3.58. The van der Waals surface area contributed by atoms with Crippen molar-refractivity contribution in [1.29, 1.82) is 0 Å². The first-order valence-corrected chi connectivity index (χ1v) is 6.42. The van der Waals surface area contributed by atoms with E-state index in [4.69, 9.17) is 5.73 Å². The Morgan fingerprint density at radius 1 is 1.31 bits per heavy atom.